The first-order valence-corrected chi connectivity index (χ1v) is 5.46. The molecule has 0 saturated carbocycles. The molecule has 0 fully saturated rings. The first-order chi connectivity index (χ1) is 7.15. The highest BCUT2D eigenvalue weighted by Crippen LogP contribution is 2.29. The molecule has 0 bridgehead atoms. The molecule has 0 radical (unpaired) electrons. The zero-order valence-electron chi connectivity index (χ0n) is 9.05. The summed E-state index contributed by atoms with van der Waals surface area (Å²) in [6.07, 6.45) is 0.833. The number of nitrogens with zero attached hydrogens (tertiary/aromatic N) is 1. The van der Waals surface area contributed by atoms with Gasteiger partial charge in [-0.05, 0) is 37.1 Å². The van der Waals surface area contributed by atoms with Gasteiger partial charge in [0, 0.05) is 18.0 Å². The summed E-state index contributed by atoms with van der Waals surface area (Å²) < 4.78 is 2.02. The second-order valence-corrected chi connectivity index (χ2v) is 4.25. The Morgan fingerprint density at radius 1 is 1.40 bits per heavy atom. The predicted octanol–water partition coefficient (Wildman–Crippen LogP) is 2.64. The minimum atomic E-state index is 0.632. The van der Waals surface area contributed by atoms with Crippen molar-refractivity contribution in [3.63, 3.8) is 0 Å². The Labute approximate surface area is 94.6 Å². The van der Waals surface area contributed by atoms with Gasteiger partial charge < -0.3 is 10.3 Å². The molecule has 0 aliphatic carbocycles. The number of halogens is 1. The van der Waals surface area contributed by atoms with Gasteiger partial charge in [0.1, 0.15) is 5.15 Å². The van der Waals surface area contributed by atoms with E-state index in [1.807, 2.05) is 11.6 Å². The summed E-state index contributed by atoms with van der Waals surface area (Å²) in [6.45, 7) is 2.72. The Bertz CT molecular complexity index is 500. The molecule has 0 amide bonds. The van der Waals surface area contributed by atoms with Gasteiger partial charge in [0.05, 0.1) is 0 Å². The summed E-state index contributed by atoms with van der Waals surface area (Å²) in [4.78, 5) is 0. The first kappa shape index (κ1) is 10.5. The van der Waals surface area contributed by atoms with E-state index in [0.717, 1.165) is 17.1 Å². The van der Waals surface area contributed by atoms with Crippen molar-refractivity contribution in [1.82, 2.24) is 4.57 Å². The van der Waals surface area contributed by atoms with Gasteiger partial charge in [-0.2, -0.15) is 0 Å². The van der Waals surface area contributed by atoms with Gasteiger partial charge in [-0.3, -0.25) is 0 Å². The largest absolute Gasteiger partial charge is 0.335 e. The van der Waals surface area contributed by atoms with Crippen LogP contribution in [0.1, 0.15) is 11.1 Å². The summed E-state index contributed by atoms with van der Waals surface area (Å²) in [5.41, 5.74) is 9.19. The van der Waals surface area contributed by atoms with Crippen LogP contribution in [-0.4, -0.2) is 11.1 Å². The molecular weight excluding hydrogens is 208 g/mol. The van der Waals surface area contributed by atoms with Crippen LogP contribution in [0.3, 0.4) is 0 Å². The monoisotopic (exact) mass is 222 g/mol. The van der Waals surface area contributed by atoms with Crippen LogP contribution in [0.5, 0.6) is 0 Å². The van der Waals surface area contributed by atoms with Crippen LogP contribution in [0.4, 0.5) is 0 Å². The second-order valence-electron chi connectivity index (χ2n) is 3.89. The SMILES string of the molecule is Cc1ccc2c(CCN)c(Cl)n(C)c2c1. The molecule has 0 unspecified atom stereocenters. The summed E-state index contributed by atoms with van der Waals surface area (Å²) in [5, 5.41) is 2.03. The number of benzene rings is 1. The summed E-state index contributed by atoms with van der Waals surface area (Å²) >= 11 is 6.28. The Morgan fingerprint density at radius 2 is 2.13 bits per heavy atom. The summed E-state index contributed by atoms with van der Waals surface area (Å²) in [6, 6.07) is 6.39. The Kier molecular flexibility index (Phi) is 2.72. The van der Waals surface area contributed by atoms with E-state index in [2.05, 4.69) is 25.1 Å². The lowest BCUT2D eigenvalue weighted by Crippen LogP contribution is -2.02. The van der Waals surface area contributed by atoms with Crippen molar-refractivity contribution in [2.45, 2.75) is 13.3 Å². The molecule has 2 rings (SSSR count). The molecule has 15 heavy (non-hydrogen) atoms. The number of hydrogen-bond acceptors (Lipinski definition) is 1. The Balaban J connectivity index is 2.75. The molecular formula is C12H15ClN2. The molecule has 1 aromatic heterocycles. The maximum Gasteiger partial charge on any atom is 0.113 e. The molecule has 0 atom stereocenters. The van der Waals surface area contributed by atoms with Crippen LogP contribution in [0.15, 0.2) is 18.2 Å². The van der Waals surface area contributed by atoms with Crippen molar-refractivity contribution < 1.29 is 0 Å². The van der Waals surface area contributed by atoms with E-state index in [0.29, 0.717) is 6.54 Å². The fraction of sp³-hybridized carbons (Fsp3) is 0.333. The van der Waals surface area contributed by atoms with Gasteiger partial charge in [-0.1, -0.05) is 23.7 Å². The smallest absolute Gasteiger partial charge is 0.113 e. The van der Waals surface area contributed by atoms with Gasteiger partial charge in [0.15, 0.2) is 0 Å². The van der Waals surface area contributed by atoms with Crippen molar-refractivity contribution in [2.24, 2.45) is 12.8 Å². The lowest BCUT2D eigenvalue weighted by molar-refractivity contribution is 0.929. The van der Waals surface area contributed by atoms with E-state index >= 15 is 0 Å². The second kappa shape index (κ2) is 3.87. The van der Waals surface area contributed by atoms with Crippen molar-refractivity contribution in [3.8, 4) is 0 Å². The van der Waals surface area contributed by atoms with Crippen molar-refractivity contribution >= 4 is 22.5 Å². The predicted molar refractivity (Wildman–Crippen MR) is 65.4 cm³/mol. The quantitative estimate of drug-likeness (QED) is 0.832. The summed E-state index contributed by atoms with van der Waals surface area (Å²) in [5.74, 6) is 0. The topological polar surface area (TPSA) is 30.9 Å². The fourth-order valence-corrected chi connectivity index (χ4v) is 2.26. The van der Waals surface area contributed by atoms with Crippen LogP contribution in [0.2, 0.25) is 5.15 Å². The third-order valence-corrected chi connectivity index (χ3v) is 3.26. The van der Waals surface area contributed by atoms with Gasteiger partial charge in [-0.15, -0.1) is 0 Å². The van der Waals surface area contributed by atoms with E-state index in [4.69, 9.17) is 17.3 Å². The maximum atomic E-state index is 6.28. The van der Waals surface area contributed by atoms with Crippen LogP contribution in [-0.2, 0) is 13.5 Å². The van der Waals surface area contributed by atoms with E-state index in [9.17, 15) is 0 Å². The minimum Gasteiger partial charge on any atom is -0.335 e. The minimum absolute atomic E-state index is 0.632. The normalized spacial score (nSPS) is 11.2. The third kappa shape index (κ3) is 1.64. The maximum absolute atomic E-state index is 6.28. The average molecular weight is 223 g/mol. The van der Waals surface area contributed by atoms with Crippen LogP contribution < -0.4 is 5.73 Å². The molecule has 80 valence electrons. The zero-order chi connectivity index (χ0) is 11.0. The number of hydrogen-bond donors (Lipinski definition) is 1. The lowest BCUT2D eigenvalue weighted by atomic mass is 10.1. The molecule has 2 nitrogen and oxygen atoms in total. The molecule has 0 aliphatic rings. The molecule has 1 heterocycles. The van der Waals surface area contributed by atoms with Crippen molar-refractivity contribution in [3.05, 3.63) is 34.5 Å². The van der Waals surface area contributed by atoms with Gasteiger partial charge in [-0.25, -0.2) is 0 Å². The van der Waals surface area contributed by atoms with Gasteiger partial charge >= 0.3 is 0 Å². The van der Waals surface area contributed by atoms with E-state index in [-0.39, 0.29) is 0 Å². The standard InChI is InChI=1S/C12H15ClN2/c1-8-3-4-9-10(5-6-14)12(13)15(2)11(9)7-8/h3-4,7H,5-6,14H2,1-2H3. The highest BCUT2D eigenvalue weighted by atomic mass is 35.5. The van der Waals surface area contributed by atoms with E-state index < -0.39 is 0 Å². The van der Waals surface area contributed by atoms with Crippen molar-refractivity contribution in [1.29, 1.82) is 0 Å². The van der Waals surface area contributed by atoms with Crippen LogP contribution in [0, 0.1) is 6.92 Å². The highest BCUT2D eigenvalue weighted by molar-refractivity contribution is 6.32. The molecule has 1 aromatic carbocycles. The Hall–Kier alpha value is -0.990. The van der Waals surface area contributed by atoms with E-state index in [1.165, 1.54) is 16.5 Å². The fourth-order valence-electron chi connectivity index (χ4n) is 1.98. The van der Waals surface area contributed by atoms with Crippen molar-refractivity contribution in [2.75, 3.05) is 6.54 Å². The molecule has 0 spiro atoms. The Morgan fingerprint density at radius 3 is 2.80 bits per heavy atom. The van der Waals surface area contributed by atoms with Gasteiger partial charge in [0.2, 0.25) is 0 Å². The number of rotatable bonds is 2. The lowest BCUT2D eigenvalue weighted by Gasteiger charge is -1.97. The average Bonchev–Trinajstić information content (AvgIpc) is 2.44. The molecule has 0 saturated heterocycles. The molecule has 2 N–H and O–H groups in total. The number of aryl methyl sites for hydroxylation is 2. The molecule has 0 aliphatic heterocycles. The zero-order valence-corrected chi connectivity index (χ0v) is 9.80. The van der Waals surface area contributed by atoms with Crippen LogP contribution >= 0.6 is 11.6 Å². The number of nitrogens with two attached hydrogens (primary N) is 1. The highest BCUT2D eigenvalue weighted by Gasteiger charge is 2.12. The number of aromatic nitrogens is 1. The molecule has 2 aromatic rings. The first-order valence-electron chi connectivity index (χ1n) is 5.08. The van der Waals surface area contributed by atoms with Crippen LogP contribution in [0.25, 0.3) is 10.9 Å². The summed E-state index contributed by atoms with van der Waals surface area (Å²) in [7, 11) is 1.99. The van der Waals surface area contributed by atoms with Gasteiger partial charge in [0.25, 0.3) is 0 Å². The molecule has 3 heteroatoms. The van der Waals surface area contributed by atoms with E-state index in [1.54, 1.807) is 0 Å². The third-order valence-electron chi connectivity index (χ3n) is 2.78. The number of fused-ring (bicyclic) bond motifs is 1.